The fourth-order valence-electron chi connectivity index (χ4n) is 7.23. The Labute approximate surface area is 184 Å². The van der Waals surface area contributed by atoms with Crippen LogP contribution in [0.3, 0.4) is 0 Å². The van der Waals surface area contributed by atoms with Gasteiger partial charge in [-0.3, -0.25) is 4.79 Å². The summed E-state index contributed by atoms with van der Waals surface area (Å²) in [4.78, 5) is 14.2. The van der Waals surface area contributed by atoms with E-state index in [1.165, 1.54) is 19.3 Å². The van der Waals surface area contributed by atoms with Crippen LogP contribution in [0.15, 0.2) is 59.7 Å². The first-order chi connectivity index (χ1) is 15.1. The van der Waals surface area contributed by atoms with Crippen LogP contribution in [0.4, 0.5) is 0 Å². The zero-order chi connectivity index (χ0) is 21.0. The number of hydrogen-bond acceptors (Lipinski definition) is 3. The van der Waals surface area contributed by atoms with Crippen molar-refractivity contribution in [1.29, 1.82) is 0 Å². The highest BCUT2D eigenvalue weighted by molar-refractivity contribution is 6.03. The van der Waals surface area contributed by atoms with Crippen LogP contribution < -0.4 is 4.74 Å². The van der Waals surface area contributed by atoms with Crippen molar-refractivity contribution in [3.05, 3.63) is 65.7 Å². The average molecular weight is 415 g/mol. The first kappa shape index (κ1) is 19.1. The normalized spacial score (nSPS) is 33.5. The minimum Gasteiger partial charge on any atom is -0.497 e. The maximum atomic E-state index is 14.2. The lowest BCUT2D eigenvalue weighted by Crippen LogP contribution is -2.53. The quantitative estimate of drug-likeness (QED) is 0.654. The second kappa shape index (κ2) is 7.22. The number of benzene rings is 2. The average Bonchev–Trinajstić information content (AvgIpc) is 3.24. The van der Waals surface area contributed by atoms with Crippen LogP contribution in [0, 0.1) is 23.2 Å². The van der Waals surface area contributed by atoms with Crippen molar-refractivity contribution in [2.24, 2.45) is 28.3 Å². The summed E-state index contributed by atoms with van der Waals surface area (Å²) in [7, 11) is 1.69. The Morgan fingerprint density at radius 1 is 0.968 bits per heavy atom. The van der Waals surface area contributed by atoms with Crippen LogP contribution in [0.25, 0.3) is 0 Å². The number of hydrazone groups is 1. The molecule has 1 heterocycles. The van der Waals surface area contributed by atoms with E-state index in [0.29, 0.717) is 0 Å². The summed E-state index contributed by atoms with van der Waals surface area (Å²) in [6, 6.07) is 18.4. The Morgan fingerprint density at radius 3 is 2.29 bits per heavy atom. The lowest BCUT2D eigenvalue weighted by Gasteiger charge is -2.56. The highest BCUT2D eigenvalue weighted by Crippen LogP contribution is 2.61. The lowest BCUT2D eigenvalue weighted by molar-refractivity contribution is -0.159. The van der Waals surface area contributed by atoms with Crippen molar-refractivity contribution in [1.82, 2.24) is 5.01 Å². The molecule has 4 saturated carbocycles. The van der Waals surface area contributed by atoms with Gasteiger partial charge >= 0.3 is 0 Å². The van der Waals surface area contributed by atoms with E-state index in [4.69, 9.17) is 9.84 Å². The van der Waals surface area contributed by atoms with Crippen LogP contribution in [-0.2, 0) is 4.79 Å². The first-order valence-electron chi connectivity index (χ1n) is 11.7. The third kappa shape index (κ3) is 3.19. The zero-order valence-corrected chi connectivity index (χ0v) is 18.2. The Hall–Kier alpha value is -2.62. The number of ether oxygens (including phenoxy) is 1. The third-order valence-corrected chi connectivity index (χ3v) is 8.20. The van der Waals surface area contributed by atoms with E-state index < -0.39 is 0 Å². The molecule has 31 heavy (non-hydrogen) atoms. The van der Waals surface area contributed by atoms with Gasteiger partial charge in [-0.15, -0.1) is 0 Å². The second-order valence-corrected chi connectivity index (χ2v) is 10.3. The van der Waals surface area contributed by atoms with Crippen molar-refractivity contribution in [2.75, 3.05) is 7.11 Å². The van der Waals surface area contributed by atoms with Crippen LogP contribution in [0.1, 0.15) is 62.1 Å². The van der Waals surface area contributed by atoms with Gasteiger partial charge in [0, 0.05) is 6.42 Å². The van der Waals surface area contributed by atoms with E-state index in [9.17, 15) is 4.79 Å². The Kier molecular flexibility index (Phi) is 4.45. The minimum atomic E-state index is -0.193. The number of amides is 1. The minimum absolute atomic E-state index is 0.0641. The van der Waals surface area contributed by atoms with Crippen molar-refractivity contribution >= 4 is 11.6 Å². The maximum Gasteiger partial charge on any atom is 0.249 e. The van der Waals surface area contributed by atoms with Gasteiger partial charge in [-0.05, 0) is 79.5 Å². The number of rotatable bonds is 4. The van der Waals surface area contributed by atoms with Gasteiger partial charge in [-0.2, -0.15) is 5.10 Å². The summed E-state index contributed by atoms with van der Waals surface area (Å²) >= 11 is 0. The summed E-state index contributed by atoms with van der Waals surface area (Å²) in [5.41, 5.74) is 3.02. The second-order valence-electron chi connectivity index (χ2n) is 10.3. The Balaban J connectivity index is 1.38. The van der Waals surface area contributed by atoms with Crippen molar-refractivity contribution in [3.63, 3.8) is 0 Å². The van der Waals surface area contributed by atoms with Crippen LogP contribution in [0.2, 0.25) is 0 Å². The standard InChI is InChI=1S/C27H30N2O2/c1-31-23-9-5-8-22(13-23)25-14-24(21-6-3-2-4-7-21)28-29(25)26(30)27-15-18-10-19(16-27)12-20(11-18)17-27/h2-9,13,18-20,25H,10-12,14-17H2,1H3/t18?,19?,20?,25-,27?/m0/s1. The zero-order valence-electron chi connectivity index (χ0n) is 18.2. The van der Waals surface area contributed by atoms with Gasteiger partial charge < -0.3 is 4.74 Å². The molecule has 4 fully saturated rings. The molecule has 4 nitrogen and oxygen atoms in total. The number of carbonyl (C=O) groups excluding carboxylic acids is 1. The Bertz CT molecular complexity index is 993. The monoisotopic (exact) mass is 414 g/mol. The SMILES string of the molecule is COc1cccc([C@@H]2CC(c3ccccc3)=NN2C(=O)C23CC4CC(CC(C4)C2)C3)c1. The molecule has 4 heteroatoms. The number of carbonyl (C=O) groups is 1. The molecule has 160 valence electrons. The molecule has 1 amide bonds. The van der Waals surface area contributed by atoms with E-state index in [1.807, 2.05) is 35.3 Å². The predicted octanol–water partition coefficient (Wildman–Crippen LogP) is 5.59. The highest BCUT2D eigenvalue weighted by atomic mass is 16.5. The topological polar surface area (TPSA) is 41.9 Å². The van der Waals surface area contributed by atoms with Gasteiger partial charge in [-0.1, -0.05) is 42.5 Å². The molecule has 0 radical (unpaired) electrons. The smallest absolute Gasteiger partial charge is 0.249 e. The number of nitrogens with zero attached hydrogens (tertiary/aromatic N) is 2. The highest BCUT2D eigenvalue weighted by Gasteiger charge is 2.57. The van der Waals surface area contributed by atoms with Crippen molar-refractivity contribution in [2.45, 2.75) is 51.0 Å². The van der Waals surface area contributed by atoms with Crippen LogP contribution in [0.5, 0.6) is 5.75 Å². The summed E-state index contributed by atoms with van der Waals surface area (Å²) in [5, 5.41) is 6.85. The van der Waals surface area contributed by atoms with E-state index in [-0.39, 0.29) is 17.4 Å². The summed E-state index contributed by atoms with van der Waals surface area (Å²) in [6.45, 7) is 0. The van der Waals surface area contributed by atoms with Crippen LogP contribution >= 0.6 is 0 Å². The van der Waals surface area contributed by atoms with Gasteiger partial charge in [0.05, 0.1) is 24.3 Å². The third-order valence-electron chi connectivity index (χ3n) is 8.20. The van der Waals surface area contributed by atoms with E-state index in [2.05, 4.69) is 24.3 Å². The molecular weight excluding hydrogens is 384 g/mol. The van der Waals surface area contributed by atoms with Gasteiger partial charge in [0.15, 0.2) is 0 Å². The van der Waals surface area contributed by atoms with E-state index >= 15 is 0 Å². The predicted molar refractivity (Wildman–Crippen MR) is 121 cm³/mol. The molecule has 0 spiro atoms. The lowest BCUT2D eigenvalue weighted by atomic mass is 9.49. The number of methoxy groups -OCH3 is 1. The molecule has 2 aromatic carbocycles. The largest absolute Gasteiger partial charge is 0.497 e. The van der Waals surface area contributed by atoms with Gasteiger partial charge in [-0.25, -0.2) is 5.01 Å². The van der Waals surface area contributed by atoms with Gasteiger partial charge in [0.2, 0.25) is 5.91 Å². The summed E-state index contributed by atoms with van der Waals surface area (Å²) in [6.07, 6.45) is 7.95. The van der Waals surface area contributed by atoms with E-state index in [0.717, 1.165) is 66.0 Å². The Morgan fingerprint density at radius 2 is 1.65 bits per heavy atom. The van der Waals surface area contributed by atoms with Crippen molar-refractivity contribution < 1.29 is 9.53 Å². The maximum absolute atomic E-state index is 14.2. The molecule has 7 rings (SSSR count). The van der Waals surface area contributed by atoms with Crippen LogP contribution in [-0.4, -0.2) is 23.7 Å². The molecular formula is C27H30N2O2. The molecule has 4 bridgehead atoms. The van der Waals surface area contributed by atoms with Gasteiger partial charge in [0.1, 0.15) is 5.75 Å². The molecule has 0 saturated heterocycles. The molecule has 0 unspecified atom stereocenters. The van der Waals surface area contributed by atoms with Crippen molar-refractivity contribution in [3.8, 4) is 5.75 Å². The molecule has 4 aliphatic carbocycles. The fourth-order valence-corrected chi connectivity index (χ4v) is 7.23. The number of hydrogen-bond donors (Lipinski definition) is 0. The first-order valence-corrected chi connectivity index (χ1v) is 11.7. The molecule has 0 aromatic heterocycles. The molecule has 2 aromatic rings. The molecule has 5 aliphatic rings. The fraction of sp³-hybridized carbons (Fsp3) is 0.481. The summed E-state index contributed by atoms with van der Waals surface area (Å²) < 4.78 is 5.48. The summed E-state index contributed by atoms with van der Waals surface area (Å²) in [5.74, 6) is 3.32. The van der Waals surface area contributed by atoms with Gasteiger partial charge in [0.25, 0.3) is 0 Å². The van der Waals surface area contributed by atoms with E-state index in [1.54, 1.807) is 7.11 Å². The molecule has 1 aliphatic heterocycles. The molecule has 0 N–H and O–H groups in total. The molecule has 1 atom stereocenters.